The summed E-state index contributed by atoms with van der Waals surface area (Å²) in [6.07, 6.45) is 3.39. The van der Waals surface area contributed by atoms with Crippen molar-refractivity contribution in [2.75, 3.05) is 67.6 Å². The van der Waals surface area contributed by atoms with Crippen molar-refractivity contribution in [2.24, 2.45) is 16.7 Å². The van der Waals surface area contributed by atoms with Gasteiger partial charge in [-0.3, -0.25) is 43.4 Å². The zero-order chi connectivity index (χ0) is 75.8. The summed E-state index contributed by atoms with van der Waals surface area (Å²) in [6.45, 7) is 9.69. The molecule has 6 amide bonds. The maximum absolute atomic E-state index is 14.0. The van der Waals surface area contributed by atoms with Crippen molar-refractivity contribution in [1.82, 2.24) is 39.8 Å². The van der Waals surface area contributed by atoms with Crippen LogP contribution in [0.5, 0.6) is 5.75 Å². The second kappa shape index (κ2) is 33.2. The fourth-order valence-electron chi connectivity index (χ4n) is 15.8. The zero-order valence-corrected chi connectivity index (χ0v) is 60.8. The number of anilines is 3. The van der Waals surface area contributed by atoms with E-state index >= 15 is 0 Å². The lowest BCUT2D eigenvalue weighted by molar-refractivity contribution is -0.271. The molecule has 6 aromatic rings. The number of aromatic nitrogens is 5. The predicted molar refractivity (Wildman–Crippen MR) is 386 cm³/mol. The Morgan fingerprint density at radius 1 is 0.858 bits per heavy atom. The number of carboxylic acids is 2. The van der Waals surface area contributed by atoms with Crippen molar-refractivity contribution in [3.8, 4) is 16.9 Å². The molecule has 2 aromatic carbocycles. The number of pyridine rings is 2. The summed E-state index contributed by atoms with van der Waals surface area (Å²) in [5.74, 6) is -4.37. The molecule has 0 spiro atoms. The number of nitrogens with one attached hydrogen (secondary N) is 3. The summed E-state index contributed by atoms with van der Waals surface area (Å²) in [5, 5.41) is 65.5. The molecular formula is C73H88N11O20PS. The van der Waals surface area contributed by atoms with Gasteiger partial charge in [0.25, 0.3) is 17.7 Å². The monoisotopic (exact) mass is 1500 g/mol. The number of aliphatic hydroxyl groups is 3. The molecule has 7 heterocycles. The Morgan fingerprint density at radius 3 is 2.41 bits per heavy atom. The molecule has 10 N–H and O–H groups in total. The predicted octanol–water partition coefficient (Wildman–Crippen LogP) is 7.07. The maximum atomic E-state index is 14.0. The molecule has 566 valence electrons. The Labute approximate surface area is 614 Å². The maximum Gasteiger partial charge on any atom is 0.410 e. The first kappa shape index (κ1) is 77.7. The molecule has 3 aliphatic heterocycles. The topological polar surface area (TPSA) is 434 Å². The summed E-state index contributed by atoms with van der Waals surface area (Å²) >= 11 is 1.33. The van der Waals surface area contributed by atoms with E-state index in [9.17, 15) is 78.2 Å². The molecule has 1 saturated heterocycles. The number of carbonyl (C=O) groups excluding carboxylic acids is 6. The summed E-state index contributed by atoms with van der Waals surface area (Å²) in [5.41, 5.74) is 3.58. The highest BCUT2D eigenvalue weighted by Gasteiger charge is 2.56. The lowest BCUT2D eigenvalue weighted by atomic mass is 9.51. The Bertz CT molecular complexity index is 4380. The van der Waals surface area contributed by atoms with Crippen molar-refractivity contribution < 1.29 is 97.2 Å². The minimum absolute atomic E-state index is 0.00303. The fraction of sp³-hybridized carbons (Fsp3) is 0.479. The molecule has 0 radical (unpaired) electrons. The van der Waals surface area contributed by atoms with Gasteiger partial charge in [0.2, 0.25) is 18.1 Å². The van der Waals surface area contributed by atoms with Crippen LogP contribution in [0.4, 0.5) is 21.4 Å². The number of nitrogens with zero attached hydrogens (tertiary/aromatic N) is 8. The molecule has 11 rings (SSSR count). The highest BCUT2D eigenvalue weighted by atomic mass is 32.1. The van der Waals surface area contributed by atoms with Crippen LogP contribution in [0.1, 0.15) is 135 Å². The van der Waals surface area contributed by atoms with E-state index in [1.165, 1.54) is 58.7 Å². The molecule has 2 saturated carbocycles. The molecule has 2 bridgehead atoms. The minimum Gasteiger partial charge on any atom is -0.479 e. The van der Waals surface area contributed by atoms with Crippen LogP contribution in [0.15, 0.2) is 91.3 Å². The highest BCUT2D eigenvalue weighted by molar-refractivity contribution is 7.51. The number of unbranched alkanes of at least 4 members (excludes halogenated alkanes) is 2. The van der Waals surface area contributed by atoms with Crippen LogP contribution >= 0.6 is 18.9 Å². The molecule has 2 aliphatic carbocycles. The number of fused-ring (bicyclic) bond motifs is 4. The molecule has 3 fully saturated rings. The fourth-order valence-corrected chi connectivity index (χ4v) is 17.1. The number of rotatable bonds is 31. The molecule has 5 aliphatic rings. The van der Waals surface area contributed by atoms with E-state index in [0.29, 0.717) is 90.6 Å². The molecule has 9 atom stereocenters. The van der Waals surface area contributed by atoms with Crippen LogP contribution < -0.4 is 25.6 Å². The van der Waals surface area contributed by atoms with E-state index in [4.69, 9.17) is 29.0 Å². The van der Waals surface area contributed by atoms with Crippen molar-refractivity contribution in [1.29, 1.82) is 0 Å². The van der Waals surface area contributed by atoms with Gasteiger partial charge in [-0.05, 0) is 147 Å². The molecule has 31 nitrogen and oxygen atoms in total. The van der Waals surface area contributed by atoms with Gasteiger partial charge in [-0.1, -0.05) is 62.8 Å². The second-order valence-electron chi connectivity index (χ2n) is 28.7. The third-order valence-electron chi connectivity index (χ3n) is 19.9. The van der Waals surface area contributed by atoms with Gasteiger partial charge in [0, 0.05) is 99.4 Å². The minimum atomic E-state index is -4.46. The van der Waals surface area contributed by atoms with Crippen LogP contribution in [0.25, 0.3) is 27.6 Å². The number of imide groups is 1. The van der Waals surface area contributed by atoms with E-state index < -0.39 is 79.4 Å². The standard InChI is InChI=1S/C73H88N11O20PS/c1-43-35-71(3)39-72(4,42-84-44(2)49(37-76-84)47-18-20-54(78-59(47)66(93)94)82-29-24-46-13-8-14-48(50(46)38-82)65(92)80-69-79-64-53(106-69)15-9-25-75-64)41-73(36-43,40-71)102-32-30-81(27-11-33-105(98,99)100)70(97)101-31-10-12-45-17-19-52(103-68-62(91)60(89)61(90)63(104-68)67(95)96)51(34-45)77-56(86)23-26-74-55(85)16-6-5-7-28-83-57(87)21-22-58(83)88/h8-10,12-15,17-22,25,34,37,43,60-63,68,89-91H,5-7,11,16,23-24,26-33,35-36,38-42H2,1-4H3,(H,74,85)(H,77,86)(H,93,94)(H,95,96)(H2,98,99,100)(H,75,79,80,92)/b12-10+/t43?,60-,61-,62+,63-,68+,71?,72?,73?/m0/s1. The first-order chi connectivity index (χ1) is 50.4. The third-order valence-corrected chi connectivity index (χ3v) is 21.7. The largest absolute Gasteiger partial charge is 0.479 e. The Morgan fingerprint density at radius 2 is 1.65 bits per heavy atom. The number of benzene rings is 2. The summed E-state index contributed by atoms with van der Waals surface area (Å²) < 4.78 is 38.7. The molecule has 106 heavy (non-hydrogen) atoms. The van der Waals surface area contributed by atoms with Crippen LogP contribution in [0.2, 0.25) is 0 Å². The van der Waals surface area contributed by atoms with Gasteiger partial charge in [-0.2, -0.15) is 10.1 Å². The number of aromatic carboxylic acids is 1. The average Bonchev–Trinajstić information content (AvgIpc) is 1.05. The Hall–Kier alpha value is -9.37. The van der Waals surface area contributed by atoms with Gasteiger partial charge in [-0.25, -0.2) is 24.4 Å². The number of ether oxygens (including phenoxy) is 4. The van der Waals surface area contributed by atoms with Crippen molar-refractivity contribution in [3.05, 3.63) is 125 Å². The van der Waals surface area contributed by atoms with Crippen LogP contribution in [-0.4, -0.2) is 206 Å². The number of hydrogen-bond donors (Lipinski definition) is 10. The molecular weight excluding hydrogens is 1410 g/mol. The summed E-state index contributed by atoms with van der Waals surface area (Å²) in [4.78, 5) is 140. The van der Waals surface area contributed by atoms with Gasteiger partial charge >= 0.3 is 25.6 Å². The number of carbonyl (C=O) groups is 8. The van der Waals surface area contributed by atoms with Crippen LogP contribution in [0.3, 0.4) is 0 Å². The van der Waals surface area contributed by atoms with Crippen molar-refractivity contribution >= 4 is 99.6 Å². The Balaban J connectivity index is 0.722. The lowest BCUT2D eigenvalue weighted by Crippen LogP contribution is -2.61. The first-order valence-corrected chi connectivity index (χ1v) is 37.8. The first-order valence-electron chi connectivity index (χ1n) is 35.2. The van der Waals surface area contributed by atoms with E-state index in [-0.39, 0.29) is 111 Å². The van der Waals surface area contributed by atoms with E-state index in [2.05, 4.69) is 46.7 Å². The van der Waals surface area contributed by atoms with Gasteiger partial charge in [0.05, 0.1) is 35.0 Å². The van der Waals surface area contributed by atoms with Gasteiger partial charge in [-0.15, -0.1) is 0 Å². The Kier molecular flexibility index (Phi) is 24.3. The molecule has 33 heteroatoms. The normalized spacial score (nSPS) is 23.6. The number of amides is 6. The van der Waals surface area contributed by atoms with Gasteiger partial charge < -0.3 is 74.7 Å². The van der Waals surface area contributed by atoms with E-state index in [0.717, 1.165) is 52.1 Å². The highest BCUT2D eigenvalue weighted by Crippen LogP contribution is 2.60. The summed E-state index contributed by atoms with van der Waals surface area (Å²) in [6, 6.07) is 17.1. The number of aliphatic hydroxyl groups excluding tert-OH is 3. The van der Waals surface area contributed by atoms with Gasteiger partial charge in [0.1, 0.15) is 36.5 Å². The number of thiazole rings is 1. The smallest absolute Gasteiger partial charge is 0.410 e. The zero-order valence-electron chi connectivity index (χ0n) is 59.1. The van der Waals surface area contributed by atoms with Crippen molar-refractivity contribution in [2.45, 2.75) is 154 Å². The second-order valence-corrected chi connectivity index (χ2v) is 31.5. The van der Waals surface area contributed by atoms with Crippen LogP contribution in [-0.2, 0) is 62.3 Å². The number of carboxylic acid groups (broad SMARTS) is 2. The number of hydrogen-bond acceptors (Lipinski definition) is 22. The SMILES string of the molecule is Cc1c(-c2ccc(N3CCc4cccc(C(=O)Nc5nc6ncccc6s5)c4C3)nc2C(=O)O)cnn1CC1(C)CC2(C)CC(C)CC(OCCN(CCCP(=O)(O)O)C(=O)OC/C=C/c3ccc(O[C@@H]4O[C@H](C(=O)O)[C@@H](O)[C@H](O)[C@H]4O)c(NC(=O)CCNC(=O)CCCCCN4C(=O)C=CC4=O)c3)(C2)C1. The average molecular weight is 1500 g/mol. The molecule has 4 unspecified atom stereocenters. The van der Waals surface area contributed by atoms with Crippen LogP contribution in [0, 0.1) is 23.7 Å². The van der Waals surface area contributed by atoms with Gasteiger partial charge in [0.15, 0.2) is 22.6 Å². The number of aliphatic carboxylic acids is 1. The lowest BCUT2D eigenvalue weighted by Gasteiger charge is -2.58. The quantitative estimate of drug-likeness (QED) is 0.0118. The van der Waals surface area contributed by atoms with Crippen molar-refractivity contribution in [3.63, 3.8) is 0 Å². The third kappa shape index (κ3) is 19.1. The van der Waals surface area contributed by atoms with E-state index in [1.807, 2.05) is 40.8 Å². The molecule has 4 aromatic heterocycles. The van der Waals surface area contributed by atoms with E-state index in [1.54, 1.807) is 30.6 Å². The summed E-state index contributed by atoms with van der Waals surface area (Å²) in [7, 11) is -4.46.